The topological polar surface area (TPSA) is 99.0 Å². The van der Waals surface area contributed by atoms with Gasteiger partial charge in [0.25, 0.3) is 5.91 Å². The van der Waals surface area contributed by atoms with E-state index in [1.54, 1.807) is 13.2 Å². The van der Waals surface area contributed by atoms with Crippen LogP contribution in [0.4, 0.5) is 5.00 Å². The largest absolute Gasteiger partial charge is 0.465 e. The first-order valence-electron chi connectivity index (χ1n) is 10.9. The summed E-state index contributed by atoms with van der Waals surface area (Å²) in [5.74, 6) is -0.933. The zero-order valence-corrected chi connectivity index (χ0v) is 22.4. The average Bonchev–Trinajstić information content (AvgIpc) is 3.49. The van der Waals surface area contributed by atoms with Gasteiger partial charge in [-0.25, -0.2) is 4.79 Å². The molecular weight excluding hydrogens is 530 g/mol. The number of thioether (sulfide) groups is 1. The molecule has 8 nitrogen and oxygen atoms in total. The smallest absolute Gasteiger partial charge is 0.341 e. The van der Waals surface area contributed by atoms with E-state index in [4.69, 9.17) is 21.1 Å². The van der Waals surface area contributed by atoms with Crippen LogP contribution in [0.2, 0.25) is 5.02 Å². The number of carbonyl (C=O) groups is 3. The number of halogens is 1. The molecule has 0 atom stereocenters. The van der Waals surface area contributed by atoms with Crippen LogP contribution in [0.5, 0.6) is 0 Å². The van der Waals surface area contributed by atoms with Crippen LogP contribution in [0.1, 0.15) is 27.2 Å². The van der Waals surface area contributed by atoms with E-state index < -0.39 is 5.97 Å². The van der Waals surface area contributed by atoms with Crippen LogP contribution in [0.3, 0.4) is 0 Å². The number of hydrogen-bond donors (Lipinski definition) is 1. The number of ether oxygens (including phenoxy) is 2. The number of nitrogens with one attached hydrogen (secondary N) is 1. The first-order valence-corrected chi connectivity index (χ1v) is 14.0. The van der Waals surface area contributed by atoms with E-state index in [-0.39, 0.29) is 23.3 Å². The molecule has 0 spiro atoms. The SMILES string of the molecule is COCCn1c(=NC(=O)CSCC(=O)Nc2sc3c(c2C(=O)OC)CCC3)sc2cc(Cl)ccc21. The lowest BCUT2D eigenvalue weighted by Crippen LogP contribution is -2.20. The molecule has 0 saturated carbocycles. The summed E-state index contributed by atoms with van der Waals surface area (Å²) in [5.41, 5.74) is 2.37. The minimum Gasteiger partial charge on any atom is -0.465 e. The molecule has 0 radical (unpaired) electrons. The molecule has 4 rings (SSSR count). The molecule has 0 fully saturated rings. The predicted molar refractivity (Wildman–Crippen MR) is 141 cm³/mol. The van der Waals surface area contributed by atoms with Gasteiger partial charge in [-0.05, 0) is 43.0 Å². The summed E-state index contributed by atoms with van der Waals surface area (Å²) in [4.78, 5) is 43.3. The molecule has 1 aliphatic rings. The Kier molecular flexibility index (Phi) is 8.66. The minimum absolute atomic E-state index is 0.0531. The third-order valence-corrected chi connectivity index (χ3v) is 8.81. The number of hydrogen-bond acceptors (Lipinski definition) is 8. The van der Waals surface area contributed by atoms with Gasteiger partial charge in [0, 0.05) is 23.6 Å². The summed E-state index contributed by atoms with van der Waals surface area (Å²) in [6.45, 7) is 1.03. The Morgan fingerprint density at radius 1 is 1.20 bits per heavy atom. The molecule has 0 bridgehead atoms. The molecule has 0 unspecified atom stereocenters. The second kappa shape index (κ2) is 11.7. The van der Waals surface area contributed by atoms with Crippen molar-refractivity contribution < 1.29 is 23.9 Å². The van der Waals surface area contributed by atoms with Crippen molar-refractivity contribution >= 4 is 79.0 Å². The van der Waals surface area contributed by atoms with Crippen molar-refractivity contribution in [2.45, 2.75) is 25.8 Å². The Bertz CT molecular complexity index is 1340. The number of anilines is 1. The van der Waals surface area contributed by atoms with Gasteiger partial charge >= 0.3 is 5.97 Å². The van der Waals surface area contributed by atoms with Gasteiger partial charge in [0.15, 0.2) is 4.80 Å². The first-order chi connectivity index (χ1) is 16.9. The van der Waals surface area contributed by atoms with E-state index in [9.17, 15) is 14.4 Å². The Morgan fingerprint density at radius 3 is 2.80 bits per heavy atom. The van der Waals surface area contributed by atoms with Gasteiger partial charge in [0.2, 0.25) is 5.91 Å². The summed E-state index contributed by atoms with van der Waals surface area (Å²) < 4.78 is 13.0. The van der Waals surface area contributed by atoms with Gasteiger partial charge in [0.05, 0.1) is 41.0 Å². The zero-order chi connectivity index (χ0) is 24.9. The van der Waals surface area contributed by atoms with E-state index in [0.717, 1.165) is 39.9 Å². The molecular formula is C23H24ClN3O5S3. The highest BCUT2D eigenvalue weighted by Gasteiger charge is 2.28. The van der Waals surface area contributed by atoms with E-state index in [2.05, 4.69) is 10.3 Å². The summed E-state index contributed by atoms with van der Waals surface area (Å²) in [6.07, 6.45) is 2.71. The lowest BCUT2D eigenvalue weighted by atomic mass is 10.1. The van der Waals surface area contributed by atoms with Gasteiger partial charge in [-0.2, -0.15) is 4.99 Å². The summed E-state index contributed by atoms with van der Waals surface area (Å²) in [5, 5.41) is 3.96. The van der Waals surface area contributed by atoms with Crippen molar-refractivity contribution in [2.75, 3.05) is 37.6 Å². The second-order valence-electron chi connectivity index (χ2n) is 7.74. The van der Waals surface area contributed by atoms with Crippen LogP contribution in [0.25, 0.3) is 10.2 Å². The van der Waals surface area contributed by atoms with Crippen molar-refractivity contribution in [1.29, 1.82) is 0 Å². The van der Waals surface area contributed by atoms with Crippen LogP contribution in [0, 0.1) is 0 Å². The Balaban J connectivity index is 1.40. The molecule has 0 saturated heterocycles. The number of thiophene rings is 1. The lowest BCUT2D eigenvalue weighted by molar-refractivity contribution is -0.115. The zero-order valence-electron chi connectivity index (χ0n) is 19.2. The maximum Gasteiger partial charge on any atom is 0.341 e. The number of nitrogens with zero attached hydrogens (tertiary/aromatic N) is 2. The standard InChI is InChI=1S/C23H24ClN3O5S3/c1-31-9-8-27-15-7-6-13(24)10-17(15)35-23(27)26-19(29)12-33-11-18(28)25-21-20(22(30)32-2)14-4-3-5-16(14)34-21/h6-7,10H,3-5,8-9,11-12H2,1-2H3,(H,25,28). The van der Waals surface area contributed by atoms with Crippen LogP contribution < -0.4 is 10.1 Å². The molecule has 35 heavy (non-hydrogen) atoms. The summed E-state index contributed by atoms with van der Waals surface area (Å²) >= 11 is 10.1. The molecule has 12 heteroatoms. The Morgan fingerprint density at radius 2 is 2.03 bits per heavy atom. The molecule has 2 aromatic heterocycles. The number of esters is 1. The first kappa shape index (κ1) is 25.9. The Hall–Kier alpha value is -2.18. The molecule has 1 aliphatic carbocycles. The minimum atomic E-state index is -0.437. The van der Waals surface area contributed by atoms with Gasteiger partial charge in [-0.1, -0.05) is 22.9 Å². The number of carbonyl (C=O) groups excluding carboxylic acids is 3. The van der Waals surface area contributed by atoms with Crippen molar-refractivity contribution in [3.63, 3.8) is 0 Å². The molecule has 2 heterocycles. The molecule has 2 amide bonds. The summed E-state index contributed by atoms with van der Waals surface area (Å²) in [7, 11) is 2.95. The van der Waals surface area contributed by atoms with Crippen LogP contribution in [0.15, 0.2) is 23.2 Å². The second-order valence-corrected chi connectivity index (χ2v) is 11.3. The van der Waals surface area contributed by atoms with Crippen molar-refractivity contribution in [3.8, 4) is 0 Å². The average molecular weight is 554 g/mol. The number of fused-ring (bicyclic) bond motifs is 2. The highest BCUT2D eigenvalue weighted by atomic mass is 35.5. The third kappa shape index (κ3) is 5.97. The predicted octanol–water partition coefficient (Wildman–Crippen LogP) is 4.14. The Labute approximate surface area is 219 Å². The van der Waals surface area contributed by atoms with Crippen molar-refractivity contribution in [2.24, 2.45) is 4.99 Å². The highest BCUT2D eigenvalue weighted by Crippen LogP contribution is 2.39. The number of thiazole rings is 1. The molecule has 0 aliphatic heterocycles. The van der Waals surface area contributed by atoms with Gasteiger partial charge in [0.1, 0.15) is 5.00 Å². The number of amides is 2. The molecule has 1 N–H and O–H groups in total. The van der Waals surface area contributed by atoms with E-state index in [1.165, 1.54) is 41.5 Å². The summed E-state index contributed by atoms with van der Waals surface area (Å²) in [6, 6.07) is 5.54. The fourth-order valence-corrected chi connectivity index (χ4v) is 7.12. The molecule has 1 aromatic carbocycles. The fraction of sp³-hybridized carbons (Fsp3) is 0.391. The number of aryl methyl sites for hydroxylation is 1. The quantitative estimate of drug-likeness (QED) is 0.400. The number of aromatic nitrogens is 1. The number of rotatable bonds is 9. The van der Waals surface area contributed by atoms with Crippen LogP contribution >= 0.6 is 46.0 Å². The lowest BCUT2D eigenvalue weighted by Gasteiger charge is -2.06. The van der Waals surface area contributed by atoms with Crippen molar-refractivity contribution in [3.05, 3.63) is 44.0 Å². The normalized spacial score (nSPS) is 13.3. The number of benzene rings is 1. The maximum atomic E-state index is 12.6. The number of methoxy groups -OCH3 is 2. The van der Waals surface area contributed by atoms with Crippen molar-refractivity contribution in [1.82, 2.24) is 4.57 Å². The van der Waals surface area contributed by atoms with Gasteiger partial charge in [-0.3, -0.25) is 9.59 Å². The van der Waals surface area contributed by atoms with E-state index in [1.807, 2.05) is 16.7 Å². The highest BCUT2D eigenvalue weighted by molar-refractivity contribution is 8.00. The van der Waals surface area contributed by atoms with E-state index >= 15 is 0 Å². The van der Waals surface area contributed by atoms with Crippen LogP contribution in [-0.4, -0.2) is 54.7 Å². The van der Waals surface area contributed by atoms with Gasteiger partial charge < -0.3 is 19.4 Å². The monoisotopic (exact) mass is 553 g/mol. The van der Waals surface area contributed by atoms with Crippen LogP contribution in [-0.2, 0) is 38.4 Å². The molecule has 186 valence electrons. The fourth-order valence-electron chi connectivity index (χ4n) is 3.87. The van der Waals surface area contributed by atoms with E-state index in [0.29, 0.717) is 33.5 Å². The van der Waals surface area contributed by atoms with Gasteiger partial charge in [-0.15, -0.1) is 23.1 Å². The third-order valence-electron chi connectivity index (χ3n) is 5.41. The molecule has 3 aromatic rings. The maximum absolute atomic E-state index is 12.6.